The Labute approximate surface area is 174 Å². The Balaban J connectivity index is 1.24. The number of amides is 1. The van der Waals surface area contributed by atoms with Gasteiger partial charge in [-0.25, -0.2) is 4.68 Å². The average Bonchev–Trinajstić information content (AvgIpc) is 3.37. The van der Waals surface area contributed by atoms with Gasteiger partial charge in [0.2, 0.25) is 0 Å². The number of carbonyl (C=O) groups is 1. The molecule has 0 saturated carbocycles. The molecular formula is C22H23ClN4O2. The van der Waals surface area contributed by atoms with Crippen LogP contribution >= 0.6 is 11.6 Å². The molecule has 0 fully saturated rings. The summed E-state index contributed by atoms with van der Waals surface area (Å²) in [5.74, 6) is -0.273. The van der Waals surface area contributed by atoms with Crippen LogP contribution in [0.5, 0.6) is 0 Å². The smallest absolute Gasteiger partial charge is 0.254 e. The van der Waals surface area contributed by atoms with Gasteiger partial charge in [0.15, 0.2) is 0 Å². The van der Waals surface area contributed by atoms with Gasteiger partial charge < -0.3 is 15.7 Å². The molecule has 0 radical (unpaired) electrons. The highest BCUT2D eigenvalue weighted by Crippen LogP contribution is 2.21. The number of carbonyl (C=O) groups excluding carboxylic acids is 1. The lowest BCUT2D eigenvalue weighted by Gasteiger charge is -2.16. The van der Waals surface area contributed by atoms with Gasteiger partial charge in [-0.2, -0.15) is 5.10 Å². The van der Waals surface area contributed by atoms with E-state index >= 15 is 0 Å². The number of halogens is 1. The highest BCUT2D eigenvalue weighted by Gasteiger charge is 2.21. The molecule has 0 aliphatic heterocycles. The van der Waals surface area contributed by atoms with Crippen molar-refractivity contribution in [1.82, 2.24) is 20.4 Å². The van der Waals surface area contributed by atoms with Crippen molar-refractivity contribution < 1.29 is 9.90 Å². The third-order valence-corrected chi connectivity index (χ3v) is 5.34. The second kappa shape index (κ2) is 8.78. The number of rotatable bonds is 7. The van der Waals surface area contributed by atoms with Crippen LogP contribution in [-0.2, 0) is 12.8 Å². The number of fused-ring (bicyclic) bond motifs is 1. The van der Waals surface area contributed by atoms with Crippen molar-refractivity contribution in [2.45, 2.75) is 25.0 Å². The highest BCUT2D eigenvalue weighted by molar-refractivity contribution is 6.30. The number of nitrogens with zero attached hydrogens (tertiary/aromatic N) is 2. The SMILES string of the molecule is O=C(NCC(O)CNC1Cc2ccccc2C1)c1cnn(-c2cccc(Cl)c2)c1. The fourth-order valence-electron chi connectivity index (χ4n) is 3.59. The van der Waals surface area contributed by atoms with E-state index in [9.17, 15) is 9.90 Å². The summed E-state index contributed by atoms with van der Waals surface area (Å²) in [7, 11) is 0. The fourth-order valence-corrected chi connectivity index (χ4v) is 3.78. The van der Waals surface area contributed by atoms with Crippen LogP contribution in [0, 0.1) is 0 Å². The first-order valence-corrected chi connectivity index (χ1v) is 10.0. The Hall–Kier alpha value is -2.67. The largest absolute Gasteiger partial charge is 0.390 e. The van der Waals surface area contributed by atoms with E-state index in [-0.39, 0.29) is 12.5 Å². The van der Waals surface area contributed by atoms with Crippen LogP contribution in [0.4, 0.5) is 0 Å². The number of hydrogen-bond donors (Lipinski definition) is 3. The van der Waals surface area contributed by atoms with Crippen molar-refractivity contribution in [1.29, 1.82) is 0 Å². The molecule has 1 aliphatic rings. The first kappa shape index (κ1) is 19.6. The molecule has 1 heterocycles. The van der Waals surface area contributed by atoms with Gasteiger partial charge in [-0.15, -0.1) is 0 Å². The molecule has 0 saturated heterocycles. The van der Waals surface area contributed by atoms with Crippen molar-refractivity contribution in [3.63, 3.8) is 0 Å². The van der Waals surface area contributed by atoms with Crippen molar-refractivity contribution >= 4 is 17.5 Å². The molecule has 1 amide bonds. The van der Waals surface area contributed by atoms with Gasteiger partial charge in [0.05, 0.1) is 23.6 Å². The van der Waals surface area contributed by atoms with E-state index in [2.05, 4.69) is 40.0 Å². The van der Waals surface area contributed by atoms with E-state index in [1.165, 1.54) is 17.3 Å². The normalized spacial score (nSPS) is 14.6. The maximum atomic E-state index is 12.3. The Morgan fingerprint density at radius 3 is 2.66 bits per heavy atom. The summed E-state index contributed by atoms with van der Waals surface area (Å²) in [6.45, 7) is 0.606. The molecule has 0 spiro atoms. The Morgan fingerprint density at radius 1 is 1.17 bits per heavy atom. The van der Waals surface area contributed by atoms with Crippen LogP contribution < -0.4 is 10.6 Å². The number of benzene rings is 2. The number of aliphatic hydroxyl groups is 1. The van der Waals surface area contributed by atoms with Crippen LogP contribution in [0.3, 0.4) is 0 Å². The zero-order chi connectivity index (χ0) is 20.2. The molecule has 1 aliphatic carbocycles. The maximum Gasteiger partial charge on any atom is 0.254 e. The first-order chi connectivity index (χ1) is 14.1. The van der Waals surface area contributed by atoms with Crippen LogP contribution in [0.15, 0.2) is 60.9 Å². The molecule has 3 N–H and O–H groups in total. The number of nitrogens with one attached hydrogen (secondary N) is 2. The predicted octanol–water partition coefficient (Wildman–Crippen LogP) is 2.37. The van der Waals surface area contributed by atoms with Crippen LogP contribution in [0.1, 0.15) is 21.5 Å². The minimum absolute atomic E-state index is 0.174. The van der Waals surface area contributed by atoms with Gasteiger partial charge in [0.1, 0.15) is 0 Å². The summed E-state index contributed by atoms with van der Waals surface area (Å²) in [5, 5.41) is 21.2. The monoisotopic (exact) mass is 410 g/mol. The summed E-state index contributed by atoms with van der Waals surface area (Å²) in [6, 6.07) is 16.0. The van der Waals surface area contributed by atoms with E-state index < -0.39 is 6.10 Å². The summed E-state index contributed by atoms with van der Waals surface area (Å²) < 4.78 is 1.59. The Morgan fingerprint density at radius 2 is 1.93 bits per heavy atom. The molecule has 6 nitrogen and oxygen atoms in total. The standard InChI is InChI=1S/C22H23ClN4O2/c23-18-6-3-7-20(10-18)27-14-17(11-26-27)22(29)25-13-21(28)12-24-19-8-15-4-1-2-5-16(15)9-19/h1-7,10-11,14,19,21,24,28H,8-9,12-13H2,(H,25,29). The minimum atomic E-state index is -0.661. The molecule has 29 heavy (non-hydrogen) atoms. The van der Waals surface area contributed by atoms with Gasteiger partial charge >= 0.3 is 0 Å². The number of aromatic nitrogens is 2. The topological polar surface area (TPSA) is 79.2 Å². The lowest BCUT2D eigenvalue weighted by molar-refractivity contribution is 0.0914. The van der Waals surface area contributed by atoms with Gasteiger partial charge in [-0.05, 0) is 42.2 Å². The number of aliphatic hydroxyl groups excluding tert-OH is 1. The van der Waals surface area contributed by atoms with Crippen molar-refractivity contribution in [2.24, 2.45) is 0 Å². The van der Waals surface area contributed by atoms with E-state index in [4.69, 9.17) is 11.6 Å². The van der Waals surface area contributed by atoms with Gasteiger partial charge in [-0.1, -0.05) is 41.9 Å². The van der Waals surface area contributed by atoms with E-state index in [0.717, 1.165) is 18.5 Å². The molecule has 3 aromatic rings. The fraction of sp³-hybridized carbons (Fsp3) is 0.273. The molecule has 0 bridgehead atoms. The number of hydrogen-bond acceptors (Lipinski definition) is 4. The third kappa shape index (κ3) is 4.85. The molecule has 1 unspecified atom stereocenters. The molecule has 1 aromatic heterocycles. The molecule has 4 rings (SSSR count). The van der Waals surface area contributed by atoms with E-state index in [0.29, 0.717) is 23.2 Å². The van der Waals surface area contributed by atoms with Crippen LogP contribution in [-0.4, -0.2) is 46.0 Å². The summed E-state index contributed by atoms with van der Waals surface area (Å²) in [5.41, 5.74) is 3.93. The zero-order valence-corrected chi connectivity index (χ0v) is 16.6. The lowest BCUT2D eigenvalue weighted by Crippen LogP contribution is -2.41. The molecular weight excluding hydrogens is 388 g/mol. The summed E-state index contributed by atoms with van der Waals surface area (Å²) in [4.78, 5) is 12.3. The van der Waals surface area contributed by atoms with Gasteiger partial charge in [-0.3, -0.25) is 4.79 Å². The van der Waals surface area contributed by atoms with Crippen LogP contribution in [0.25, 0.3) is 5.69 Å². The second-order valence-electron chi connectivity index (χ2n) is 7.30. The Kier molecular flexibility index (Phi) is 5.94. The quantitative estimate of drug-likeness (QED) is 0.558. The van der Waals surface area contributed by atoms with Crippen molar-refractivity contribution in [3.8, 4) is 5.69 Å². The van der Waals surface area contributed by atoms with Crippen LogP contribution in [0.2, 0.25) is 5.02 Å². The third-order valence-electron chi connectivity index (χ3n) is 5.11. The zero-order valence-electron chi connectivity index (χ0n) is 15.9. The molecule has 150 valence electrons. The van der Waals surface area contributed by atoms with E-state index in [1.807, 2.05) is 12.1 Å². The summed E-state index contributed by atoms with van der Waals surface area (Å²) >= 11 is 6.00. The van der Waals surface area contributed by atoms with E-state index in [1.54, 1.807) is 23.0 Å². The highest BCUT2D eigenvalue weighted by atomic mass is 35.5. The molecule has 2 aromatic carbocycles. The lowest BCUT2D eigenvalue weighted by atomic mass is 10.1. The molecule has 7 heteroatoms. The van der Waals surface area contributed by atoms with Crippen molar-refractivity contribution in [2.75, 3.05) is 13.1 Å². The van der Waals surface area contributed by atoms with Crippen molar-refractivity contribution in [3.05, 3.63) is 82.6 Å². The second-order valence-corrected chi connectivity index (χ2v) is 7.74. The Bertz CT molecular complexity index is 979. The average molecular weight is 411 g/mol. The maximum absolute atomic E-state index is 12.3. The van der Waals surface area contributed by atoms with Gasteiger partial charge in [0, 0.05) is 30.4 Å². The van der Waals surface area contributed by atoms with Gasteiger partial charge in [0.25, 0.3) is 5.91 Å². The molecule has 1 atom stereocenters. The predicted molar refractivity (Wildman–Crippen MR) is 113 cm³/mol. The summed E-state index contributed by atoms with van der Waals surface area (Å²) in [6.07, 6.45) is 4.42. The first-order valence-electron chi connectivity index (χ1n) is 9.65. The minimum Gasteiger partial charge on any atom is -0.390 e.